The summed E-state index contributed by atoms with van der Waals surface area (Å²) in [7, 11) is 0. The summed E-state index contributed by atoms with van der Waals surface area (Å²) in [6, 6.07) is 0. The molecule has 0 spiro atoms. The Kier molecular flexibility index (Phi) is 3.29. The van der Waals surface area contributed by atoms with Gasteiger partial charge in [-0.05, 0) is 31.1 Å². The van der Waals surface area contributed by atoms with E-state index < -0.39 is 5.97 Å². The maximum atomic E-state index is 11.0. The molecule has 0 aromatic rings. The van der Waals surface area contributed by atoms with Crippen molar-refractivity contribution in [2.24, 2.45) is 17.8 Å². The molecule has 0 bridgehead atoms. The maximum Gasteiger partial charge on any atom is 0.307 e. The lowest BCUT2D eigenvalue weighted by molar-refractivity contribution is -0.144. The number of piperidine rings is 1. The molecule has 0 aromatic carbocycles. The van der Waals surface area contributed by atoms with Gasteiger partial charge in [-0.2, -0.15) is 0 Å². The summed E-state index contributed by atoms with van der Waals surface area (Å²) in [6.07, 6.45) is 4.93. The molecule has 1 saturated carbocycles. The molecule has 2 fully saturated rings. The third-order valence-corrected chi connectivity index (χ3v) is 3.83. The van der Waals surface area contributed by atoms with E-state index in [-0.39, 0.29) is 5.92 Å². The fourth-order valence-electron chi connectivity index (χ4n) is 2.83. The van der Waals surface area contributed by atoms with E-state index in [0.29, 0.717) is 5.92 Å². The zero-order chi connectivity index (χ0) is 10.8. The molecular formula is C12H21NO2. The van der Waals surface area contributed by atoms with Crippen LogP contribution in [0.5, 0.6) is 0 Å². The smallest absolute Gasteiger partial charge is 0.307 e. The lowest BCUT2D eigenvalue weighted by Crippen LogP contribution is -2.45. The van der Waals surface area contributed by atoms with E-state index in [2.05, 4.69) is 11.8 Å². The molecule has 0 radical (unpaired) electrons. The molecule has 1 aliphatic carbocycles. The predicted molar refractivity (Wildman–Crippen MR) is 58.7 cm³/mol. The highest BCUT2D eigenvalue weighted by Gasteiger charge is 2.31. The lowest BCUT2D eigenvalue weighted by Gasteiger charge is -2.38. The fourth-order valence-corrected chi connectivity index (χ4v) is 2.83. The highest BCUT2D eigenvalue weighted by atomic mass is 16.4. The molecule has 1 aliphatic heterocycles. The van der Waals surface area contributed by atoms with Crippen LogP contribution in [0.25, 0.3) is 0 Å². The number of aliphatic carboxylic acids is 1. The minimum absolute atomic E-state index is 0.131. The van der Waals surface area contributed by atoms with E-state index in [1.54, 1.807) is 0 Å². The molecule has 1 saturated heterocycles. The van der Waals surface area contributed by atoms with Gasteiger partial charge in [0.25, 0.3) is 0 Å². The van der Waals surface area contributed by atoms with Crippen molar-refractivity contribution in [3.63, 3.8) is 0 Å². The minimum Gasteiger partial charge on any atom is -0.481 e. The SMILES string of the molecule is CC1CC(C(=O)O)CN(CC2CCC2)C1. The van der Waals surface area contributed by atoms with Gasteiger partial charge in [0.1, 0.15) is 0 Å². The quantitative estimate of drug-likeness (QED) is 0.774. The van der Waals surface area contributed by atoms with Crippen LogP contribution in [0.15, 0.2) is 0 Å². The van der Waals surface area contributed by atoms with Crippen LogP contribution in [-0.4, -0.2) is 35.6 Å². The molecule has 3 heteroatoms. The van der Waals surface area contributed by atoms with E-state index in [9.17, 15) is 4.79 Å². The topological polar surface area (TPSA) is 40.5 Å². The van der Waals surface area contributed by atoms with Crippen LogP contribution >= 0.6 is 0 Å². The highest BCUT2D eigenvalue weighted by molar-refractivity contribution is 5.70. The second kappa shape index (κ2) is 4.52. The number of carboxylic acids is 1. The molecule has 3 nitrogen and oxygen atoms in total. The van der Waals surface area contributed by atoms with Crippen molar-refractivity contribution in [1.29, 1.82) is 0 Å². The standard InChI is InChI=1S/C12H21NO2/c1-9-5-11(12(14)15)8-13(6-9)7-10-3-2-4-10/h9-11H,2-8H2,1H3,(H,14,15). The first-order chi connectivity index (χ1) is 7.15. The van der Waals surface area contributed by atoms with Gasteiger partial charge in [-0.25, -0.2) is 0 Å². The van der Waals surface area contributed by atoms with Crippen LogP contribution in [0.2, 0.25) is 0 Å². The summed E-state index contributed by atoms with van der Waals surface area (Å²) in [5.74, 6) is 0.652. The summed E-state index contributed by atoms with van der Waals surface area (Å²) < 4.78 is 0. The van der Waals surface area contributed by atoms with E-state index in [1.807, 2.05) is 0 Å². The number of rotatable bonds is 3. The molecule has 86 valence electrons. The van der Waals surface area contributed by atoms with Gasteiger partial charge in [0.2, 0.25) is 0 Å². The third kappa shape index (κ3) is 2.71. The average Bonchev–Trinajstić information content (AvgIpc) is 2.10. The van der Waals surface area contributed by atoms with E-state index in [4.69, 9.17) is 5.11 Å². The zero-order valence-corrected chi connectivity index (χ0v) is 9.48. The van der Waals surface area contributed by atoms with Crippen LogP contribution in [0.1, 0.15) is 32.6 Å². The first-order valence-electron chi connectivity index (χ1n) is 6.10. The Balaban J connectivity index is 1.85. The molecule has 0 amide bonds. The Hall–Kier alpha value is -0.570. The van der Waals surface area contributed by atoms with Gasteiger partial charge >= 0.3 is 5.97 Å². The molecular weight excluding hydrogens is 190 g/mol. The molecule has 2 rings (SSSR count). The molecule has 2 unspecified atom stereocenters. The lowest BCUT2D eigenvalue weighted by atomic mass is 9.83. The van der Waals surface area contributed by atoms with Crippen molar-refractivity contribution in [3.05, 3.63) is 0 Å². The molecule has 1 N–H and O–H groups in total. The number of likely N-dealkylation sites (tertiary alicyclic amines) is 1. The van der Waals surface area contributed by atoms with Crippen molar-refractivity contribution in [2.45, 2.75) is 32.6 Å². The third-order valence-electron chi connectivity index (χ3n) is 3.83. The Labute approximate surface area is 91.5 Å². The Morgan fingerprint density at radius 1 is 1.40 bits per heavy atom. The number of carbonyl (C=O) groups is 1. The van der Waals surface area contributed by atoms with Gasteiger partial charge in [-0.1, -0.05) is 13.3 Å². The Bertz CT molecular complexity index is 238. The fraction of sp³-hybridized carbons (Fsp3) is 0.917. The molecule has 2 aliphatic rings. The maximum absolute atomic E-state index is 11.0. The van der Waals surface area contributed by atoms with Gasteiger partial charge in [0, 0.05) is 19.6 Å². The number of carboxylic acid groups (broad SMARTS) is 1. The van der Waals surface area contributed by atoms with Crippen LogP contribution in [0, 0.1) is 17.8 Å². The van der Waals surface area contributed by atoms with Crippen molar-refractivity contribution in [1.82, 2.24) is 4.90 Å². The predicted octanol–water partition coefficient (Wildman–Crippen LogP) is 1.83. The Morgan fingerprint density at radius 2 is 2.13 bits per heavy atom. The van der Waals surface area contributed by atoms with Crippen molar-refractivity contribution in [3.8, 4) is 0 Å². The van der Waals surface area contributed by atoms with Crippen molar-refractivity contribution >= 4 is 5.97 Å². The minimum atomic E-state index is -0.611. The first-order valence-corrected chi connectivity index (χ1v) is 6.10. The normalized spacial score (nSPS) is 33.7. The van der Waals surface area contributed by atoms with Crippen molar-refractivity contribution in [2.75, 3.05) is 19.6 Å². The summed E-state index contributed by atoms with van der Waals surface area (Å²) in [5, 5.41) is 9.05. The van der Waals surface area contributed by atoms with Crippen molar-refractivity contribution < 1.29 is 9.90 Å². The van der Waals surface area contributed by atoms with E-state index >= 15 is 0 Å². The van der Waals surface area contributed by atoms with Gasteiger partial charge in [0.15, 0.2) is 0 Å². The zero-order valence-electron chi connectivity index (χ0n) is 9.48. The summed E-state index contributed by atoms with van der Waals surface area (Å²) in [5.41, 5.74) is 0. The van der Waals surface area contributed by atoms with Crippen LogP contribution in [0.3, 0.4) is 0 Å². The van der Waals surface area contributed by atoms with E-state index in [1.165, 1.54) is 19.3 Å². The second-order valence-electron chi connectivity index (χ2n) is 5.39. The average molecular weight is 211 g/mol. The van der Waals surface area contributed by atoms with Gasteiger partial charge in [-0.3, -0.25) is 4.79 Å². The largest absolute Gasteiger partial charge is 0.481 e. The van der Waals surface area contributed by atoms with Crippen LogP contribution in [0.4, 0.5) is 0 Å². The molecule has 2 atom stereocenters. The monoisotopic (exact) mass is 211 g/mol. The van der Waals surface area contributed by atoms with E-state index in [0.717, 1.165) is 32.0 Å². The van der Waals surface area contributed by atoms with Gasteiger partial charge < -0.3 is 10.0 Å². The summed E-state index contributed by atoms with van der Waals surface area (Å²) >= 11 is 0. The van der Waals surface area contributed by atoms with Crippen LogP contribution < -0.4 is 0 Å². The summed E-state index contributed by atoms with van der Waals surface area (Å²) in [6.45, 7) is 5.17. The molecule has 0 aromatic heterocycles. The first kappa shape index (κ1) is 10.9. The highest BCUT2D eigenvalue weighted by Crippen LogP contribution is 2.29. The second-order valence-corrected chi connectivity index (χ2v) is 5.39. The number of hydrogen-bond acceptors (Lipinski definition) is 2. The Morgan fingerprint density at radius 3 is 2.67 bits per heavy atom. The van der Waals surface area contributed by atoms with Gasteiger partial charge in [0.05, 0.1) is 5.92 Å². The summed E-state index contributed by atoms with van der Waals surface area (Å²) in [4.78, 5) is 13.4. The number of nitrogens with zero attached hydrogens (tertiary/aromatic N) is 1. The van der Waals surface area contributed by atoms with Crippen LogP contribution in [-0.2, 0) is 4.79 Å². The molecule has 1 heterocycles. The van der Waals surface area contributed by atoms with Gasteiger partial charge in [-0.15, -0.1) is 0 Å². The molecule has 15 heavy (non-hydrogen) atoms. The number of hydrogen-bond donors (Lipinski definition) is 1.